The van der Waals surface area contributed by atoms with Crippen molar-refractivity contribution in [2.75, 3.05) is 0 Å². The first-order valence-electron chi connectivity index (χ1n) is 6.24. The molecule has 1 N–H and O–H groups in total. The fraction of sp³-hybridized carbons (Fsp3) is 0.286. The van der Waals surface area contributed by atoms with Gasteiger partial charge in [-0.15, -0.1) is 0 Å². The highest BCUT2D eigenvalue weighted by molar-refractivity contribution is 5.93. The zero-order valence-electron chi connectivity index (χ0n) is 11.1. The summed E-state index contributed by atoms with van der Waals surface area (Å²) in [7, 11) is 0. The molecule has 0 spiro atoms. The molecule has 3 heterocycles. The van der Waals surface area contributed by atoms with Crippen molar-refractivity contribution >= 4 is 11.0 Å². The van der Waals surface area contributed by atoms with Crippen LogP contribution >= 0.6 is 0 Å². The molecule has 3 aromatic rings. The van der Waals surface area contributed by atoms with E-state index in [1.807, 2.05) is 37.6 Å². The van der Waals surface area contributed by atoms with Gasteiger partial charge in [0.05, 0.1) is 17.3 Å². The third-order valence-electron chi connectivity index (χ3n) is 3.15. The molecular formula is C14H15N3O2. The summed E-state index contributed by atoms with van der Waals surface area (Å²) in [6.07, 6.45) is 1.60. The molecule has 3 aromatic heterocycles. The van der Waals surface area contributed by atoms with E-state index in [4.69, 9.17) is 4.42 Å². The van der Waals surface area contributed by atoms with E-state index in [1.165, 1.54) is 0 Å². The number of furan rings is 1. The number of fused-ring (bicyclic) bond motifs is 1. The Morgan fingerprint density at radius 2 is 2.21 bits per heavy atom. The normalized spacial score (nSPS) is 11.6. The fourth-order valence-electron chi connectivity index (χ4n) is 2.35. The molecule has 0 bridgehead atoms. The van der Waals surface area contributed by atoms with Gasteiger partial charge in [-0.1, -0.05) is 0 Å². The first-order chi connectivity index (χ1) is 9.08. The fourth-order valence-corrected chi connectivity index (χ4v) is 2.35. The van der Waals surface area contributed by atoms with Crippen LogP contribution in [-0.2, 0) is 0 Å². The van der Waals surface area contributed by atoms with Crippen molar-refractivity contribution in [2.24, 2.45) is 0 Å². The van der Waals surface area contributed by atoms with Crippen molar-refractivity contribution in [1.82, 2.24) is 14.8 Å². The predicted octanol–water partition coefficient (Wildman–Crippen LogP) is 2.87. The number of hydrogen-bond donors (Lipinski definition) is 1. The number of nitrogens with zero attached hydrogens (tertiary/aromatic N) is 2. The number of aromatic amines is 1. The highest BCUT2D eigenvalue weighted by atomic mass is 16.3. The van der Waals surface area contributed by atoms with Crippen LogP contribution in [0.2, 0.25) is 0 Å². The Kier molecular flexibility index (Phi) is 2.55. The second-order valence-corrected chi connectivity index (χ2v) is 4.87. The van der Waals surface area contributed by atoms with Crippen molar-refractivity contribution in [3.63, 3.8) is 0 Å². The van der Waals surface area contributed by atoms with Gasteiger partial charge in [-0.2, -0.15) is 5.10 Å². The molecule has 0 fully saturated rings. The summed E-state index contributed by atoms with van der Waals surface area (Å²) >= 11 is 0. The van der Waals surface area contributed by atoms with Gasteiger partial charge in [0.1, 0.15) is 11.4 Å². The molecular weight excluding hydrogens is 242 g/mol. The van der Waals surface area contributed by atoms with Crippen molar-refractivity contribution in [3.8, 4) is 11.3 Å². The number of pyridine rings is 1. The molecule has 3 rings (SSSR count). The summed E-state index contributed by atoms with van der Waals surface area (Å²) in [5, 5.41) is 5.44. The maximum absolute atomic E-state index is 11.8. The lowest BCUT2D eigenvalue weighted by molar-refractivity contribution is 0.542. The average molecular weight is 257 g/mol. The van der Waals surface area contributed by atoms with Crippen molar-refractivity contribution in [3.05, 3.63) is 40.5 Å². The number of aromatic nitrogens is 3. The first-order valence-corrected chi connectivity index (χ1v) is 6.24. The van der Waals surface area contributed by atoms with Crippen molar-refractivity contribution in [1.29, 1.82) is 0 Å². The number of rotatable bonds is 2. The van der Waals surface area contributed by atoms with Gasteiger partial charge < -0.3 is 9.40 Å². The van der Waals surface area contributed by atoms with Crippen LogP contribution in [0.25, 0.3) is 22.4 Å². The number of hydrogen-bond acceptors (Lipinski definition) is 3. The summed E-state index contributed by atoms with van der Waals surface area (Å²) in [5.74, 6) is 0.683. The Balaban J connectivity index is 2.44. The average Bonchev–Trinajstić information content (AvgIpc) is 2.96. The van der Waals surface area contributed by atoms with E-state index in [1.54, 1.807) is 12.3 Å². The Morgan fingerprint density at radius 1 is 1.42 bits per heavy atom. The van der Waals surface area contributed by atoms with Gasteiger partial charge in [0.2, 0.25) is 5.56 Å². The molecule has 5 nitrogen and oxygen atoms in total. The zero-order valence-corrected chi connectivity index (χ0v) is 11.1. The Bertz CT molecular complexity index is 779. The number of nitrogens with one attached hydrogen (secondary N) is 1. The van der Waals surface area contributed by atoms with Crippen LogP contribution in [-0.4, -0.2) is 14.8 Å². The van der Waals surface area contributed by atoms with Crippen molar-refractivity contribution in [2.45, 2.75) is 26.8 Å². The van der Waals surface area contributed by atoms with Crippen LogP contribution in [0.1, 0.15) is 25.6 Å². The number of H-pyrrole nitrogens is 1. The number of aryl methyl sites for hydroxylation is 1. The topological polar surface area (TPSA) is 63.8 Å². The van der Waals surface area contributed by atoms with Crippen LogP contribution in [0.5, 0.6) is 0 Å². The molecule has 19 heavy (non-hydrogen) atoms. The van der Waals surface area contributed by atoms with Gasteiger partial charge >= 0.3 is 0 Å². The van der Waals surface area contributed by atoms with E-state index in [9.17, 15) is 4.79 Å². The summed E-state index contributed by atoms with van der Waals surface area (Å²) in [5.41, 5.74) is 2.26. The quantitative estimate of drug-likeness (QED) is 0.767. The SMILES string of the molecule is Cc1nn(C(C)C)c2[nH]c(=O)cc(-c3ccco3)c12. The van der Waals surface area contributed by atoms with E-state index in [2.05, 4.69) is 10.1 Å². The van der Waals surface area contributed by atoms with Gasteiger partial charge in [-0.25, -0.2) is 4.68 Å². The predicted molar refractivity (Wildman–Crippen MR) is 73.2 cm³/mol. The maximum Gasteiger partial charge on any atom is 0.250 e. The van der Waals surface area contributed by atoms with Crippen LogP contribution in [0.15, 0.2) is 33.7 Å². The van der Waals surface area contributed by atoms with E-state index < -0.39 is 0 Å². The molecule has 0 saturated carbocycles. The van der Waals surface area contributed by atoms with Crippen LogP contribution in [0.3, 0.4) is 0 Å². The third-order valence-corrected chi connectivity index (χ3v) is 3.15. The highest BCUT2D eigenvalue weighted by Gasteiger charge is 2.17. The van der Waals surface area contributed by atoms with Gasteiger partial charge in [-0.05, 0) is 32.9 Å². The minimum Gasteiger partial charge on any atom is -0.464 e. The molecule has 0 saturated heterocycles. The van der Waals surface area contributed by atoms with Crippen molar-refractivity contribution < 1.29 is 4.42 Å². The third kappa shape index (κ3) is 1.78. The minimum atomic E-state index is -0.152. The van der Waals surface area contributed by atoms with Gasteiger partial charge in [-0.3, -0.25) is 4.79 Å². The second-order valence-electron chi connectivity index (χ2n) is 4.87. The summed E-state index contributed by atoms with van der Waals surface area (Å²) in [4.78, 5) is 14.7. The van der Waals surface area contributed by atoms with E-state index >= 15 is 0 Å². The summed E-state index contributed by atoms with van der Waals surface area (Å²) < 4.78 is 7.25. The summed E-state index contributed by atoms with van der Waals surface area (Å²) in [6.45, 7) is 6.00. The molecule has 0 aliphatic carbocycles. The minimum absolute atomic E-state index is 0.152. The zero-order chi connectivity index (χ0) is 13.6. The molecule has 0 atom stereocenters. The smallest absolute Gasteiger partial charge is 0.250 e. The molecule has 0 amide bonds. The lowest BCUT2D eigenvalue weighted by Gasteiger charge is -2.06. The molecule has 98 valence electrons. The van der Waals surface area contributed by atoms with Gasteiger partial charge in [0.25, 0.3) is 0 Å². The molecule has 0 aliphatic rings. The largest absolute Gasteiger partial charge is 0.464 e. The Labute approximate surface area is 109 Å². The maximum atomic E-state index is 11.8. The second kappa shape index (κ2) is 4.12. The molecule has 0 radical (unpaired) electrons. The summed E-state index contributed by atoms with van der Waals surface area (Å²) in [6, 6.07) is 5.39. The van der Waals surface area contributed by atoms with E-state index in [0.717, 1.165) is 22.3 Å². The molecule has 5 heteroatoms. The molecule has 0 aliphatic heterocycles. The van der Waals surface area contributed by atoms with E-state index in [0.29, 0.717) is 5.76 Å². The first kappa shape index (κ1) is 11.8. The lowest BCUT2D eigenvalue weighted by atomic mass is 10.1. The van der Waals surface area contributed by atoms with E-state index in [-0.39, 0.29) is 11.6 Å². The standard InChI is InChI=1S/C14H15N3O2/c1-8(2)17-14-13(9(3)16-17)10(7-12(18)15-14)11-5-4-6-19-11/h4-8H,1-3H3,(H,15,18). The molecule has 0 unspecified atom stereocenters. The van der Waals surface area contributed by atoms with Crippen LogP contribution in [0.4, 0.5) is 0 Å². The Hall–Kier alpha value is -2.30. The highest BCUT2D eigenvalue weighted by Crippen LogP contribution is 2.29. The van der Waals surface area contributed by atoms with Gasteiger partial charge in [0, 0.05) is 17.7 Å². The van der Waals surface area contributed by atoms with Gasteiger partial charge in [0.15, 0.2) is 0 Å². The molecule has 0 aromatic carbocycles. The van der Waals surface area contributed by atoms with Crippen LogP contribution < -0.4 is 5.56 Å². The lowest BCUT2D eigenvalue weighted by Crippen LogP contribution is -2.10. The van der Waals surface area contributed by atoms with Crippen LogP contribution in [0, 0.1) is 6.92 Å². The Morgan fingerprint density at radius 3 is 2.84 bits per heavy atom. The monoisotopic (exact) mass is 257 g/mol.